The largest absolute Gasteiger partial charge is 0.508 e. The minimum Gasteiger partial charge on any atom is -0.508 e. The molecular weight excluding hydrogens is 391 g/mol. The van der Waals surface area contributed by atoms with Crippen molar-refractivity contribution in [3.63, 3.8) is 0 Å². The molecule has 3 aromatic rings. The minimum absolute atomic E-state index is 0.0599. The summed E-state index contributed by atoms with van der Waals surface area (Å²) in [6, 6.07) is 8.92. The molecule has 0 aliphatic carbocycles. The van der Waals surface area contributed by atoms with Crippen LogP contribution in [0.1, 0.15) is 11.1 Å². The SMILES string of the molecule is Cc1c(CC(=O)N2CCN(c3ccccc3F)CC2)c(=O)oc2cc(O)cc(O)c12. The average Bonchev–Trinajstić information content (AvgIpc) is 2.70. The highest BCUT2D eigenvalue weighted by molar-refractivity contribution is 5.90. The van der Waals surface area contributed by atoms with Crippen LogP contribution in [0, 0.1) is 12.7 Å². The lowest BCUT2D eigenvalue weighted by atomic mass is 10.0. The lowest BCUT2D eigenvalue weighted by Crippen LogP contribution is -2.49. The third-order valence-electron chi connectivity index (χ3n) is 5.50. The van der Waals surface area contributed by atoms with Crippen LogP contribution in [0.15, 0.2) is 45.6 Å². The number of aromatic hydroxyl groups is 2. The standard InChI is InChI=1S/C22H21FN2O5/c1-13-15(22(29)30-19-11-14(26)10-18(27)21(13)19)12-20(28)25-8-6-24(7-9-25)17-5-3-2-4-16(17)23/h2-5,10-11,26-27H,6-9,12H2,1H3. The molecular formula is C22H21FN2O5. The number of amides is 1. The van der Waals surface area contributed by atoms with Crippen LogP contribution in [0.3, 0.4) is 0 Å². The number of phenols is 2. The highest BCUT2D eigenvalue weighted by atomic mass is 19.1. The molecule has 0 unspecified atom stereocenters. The van der Waals surface area contributed by atoms with Gasteiger partial charge in [-0.1, -0.05) is 12.1 Å². The molecule has 8 heteroatoms. The van der Waals surface area contributed by atoms with Crippen molar-refractivity contribution >= 4 is 22.6 Å². The van der Waals surface area contributed by atoms with Crippen molar-refractivity contribution in [1.29, 1.82) is 0 Å². The molecule has 0 spiro atoms. The van der Waals surface area contributed by atoms with E-state index >= 15 is 0 Å². The highest BCUT2D eigenvalue weighted by Crippen LogP contribution is 2.32. The Kier molecular flexibility index (Phi) is 5.07. The number of carbonyl (C=O) groups excluding carboxylic acids is 1. The molecule has 2 aromatic carbocycles. The molecule has 0 atom stereocenters. The summed E-state index contributed by atoms with van der Waals surface area (Å²) in [5.41, 5.74) is 0.504. The van der Waals surface area contributed by atoms with E-state index in [1.807, 2.05) is 4.90 Å². The fourth-order valence-electron chi connectivity index (χ4n) is 3.88. The summed E-state index contributed by atoms with van der Waals surface area (Å²) in [6.45, 7) is 3.42. The number of carbonyl (C=O) groups is 1. The normalized spacial score (nSPS) is 14.3. The van der Waals surface area contributed by atoms with Gasteiger partial charge in [0.25, 0.3) is 0 Å². The first-order chi connectivity index (χ1) is 14.3. The Labute approximate surface area is 171 Å². The van der Waals surface area contributed by atoms with Crippen molar-refractivity contribution in [2.75, 3.05) is 31.1 Å². The van der Waals surface area contributed by atoms with E-state index in [0.717, 1.165) is 6.07 Å². The zero-order valence-corrected chi connectivity index (χ0v) is 16.4. The van der Waals surface area contributed by atoms with Gasteiger partial charge < -0.3 is 24.4 Å². The summed E-state index contributed by atoms with van der Waals surface area (Å²) >= 11 is 0. The number of para-hydroxylation sites is 1. The van der Waals surface area contributed by atoms with Gasteiger partial charge in [0.1, 0.15) is 22.9 Å². The Balaban J connectivity index is 1.52. The van der Waals surface area contributed by atoms with Gasteiger partial charge in [0.05, 0.1) is 23.1 Å². The van der Waals surface area contributed by atoms with E-state index in [9.17, 15) is 24.2 Å². The van der Waals surface area contributed by atoms with Gasteiger partial charge >= 0.3 is 5.63 Å². The number of benzene rings is 2. The fourth-order valence-corrected chi connectivity index (χ4v) is 3.88. The van der Waals surface area contributed by atoms with Gasteiger partial charge in [-0.25, -0.2) is 9.18 Å². The summed E-state index contributed by atoms with van der Waals surface area (Å²) in [4.78, 5) is 28.8. The number of phenolic OH excluding ortho intramolecular Hbond substituents is 2. The van der Waals surface area contributed by atoms with Crippen LogP contribution in [0.25, 0.3) is 11.0 Å². The van der Waals surface area contributed by atoms with Crippen LogP contribution in [-0.2, 0) is 11.2 Å². The Hall–Kier alpha value is -3.55. The molecule has 156 valence electrons. The first-order valence-electron chi connectivity index (χ1n) is 9.60. The summed E-state index contributed by atoms with van der Waals surface area (Å²) in [7, 11) is 0. The third-order valence-corrected chi connectivity index (χ3v) is 5.50. The van der Waals surface area contributed by atoms with E-state index in [0.29, 0.717) is 42.8 Å². The molecule has 2 N–H and O–H groups in total. The Morgan fingerprint density at radius 2 is 1.83 bits per heavy atom. The Bertz CT molecular complexity index is 1180. The first kappa shape index (κ1) is 19.8. The number of fused-ring (bicyclic) bond motifs is 1. The second-order valence-corrected chi connectivity index (χ2v) is 7.33. The minimum atomic E-state index is -0.677. The molecule has 1 aromatic heterocycles. The van der Waals surface area contributed by atoms with Crippen LogP contribution in [0.4, 0.5) is 10.1 Å². The summed E-state index contributed by atoms with van der Waals surface area (Å²) < 4.78 is 19.2. The number of anilines is 1. The van der Waals surface area contributed by atoms with Crippen molar-refractivity contribution in [3.8, 4) is 11.5 Å². The van der Waals surface area contributed by atoms with Gasteiger partial charge in [-0.2, -0.15) is 0 Å². The third kappa shape index (κ3) is 3.56. The van der Waals surface area contributed by atoms with Crippen LogP contribution >= 0.6 is 0 Å². The topological polar surface area (TPSA) is 94.2 Å². The van der Waals surface area contributed by atoms with E-state index in [1.165, 1.54) is 12.1 Å². The number of halogens is 1. The van der Waals surface area contributed by atoms with E-state index in [-0.39, 0.29) is 40.8 Å². The number of rotatable bonds is 3. The summed E-state index contributed by atoms with van der Waals surface area (Å²) in [5, 5.41) is 20.0. The molecule has 2 heterocycles. The summed E-state index contributed by atoms with van der Waals surface area (Å²) in [5.74, 6) is -0.985. The molecule has 1 fully saturated rings. The zero-order valence-electron chi connectivity index (χ0n) is 16.4. The second kappa shape index (κ2) is 7.70. The molecule has 1 amide bonds. The van der Waals surface area contributed by atoms with Crippen LogP contribution in [-0.4, -0.2) is 47.2 Å². The highest BCUT2D eigenvalue weighted by Gasteiger charge is 2.25. The van der Waals surface area contributed by atoms with Crippen molar-refractivity contribution in [3.05, 3.63) is 63.8 Å². The van der Waals surface area contributed by atoms with Gasteiger partial charge in [0, 0.05) is 38.3 Å². The Morgan fingerprint density at radius 1 is 1.13 bits per heavy atom. The predicted octanol–water partition coefficient (Wildman–Crippen LogP) is 2.54. The van der Waals surface area contributed by atoms with Gasteiger partial charge in [-0.05, 0) is 24.6 Å². The number of hydrogen-bond acceptors (Lipinski definition) is 6. The molecule has 0 saturated carbocycles. The predicted molar refractivity (Wildman–Crippen MR) is 109 cm³/mol. The van der Waals surface area contributed by atoms with Crippen molar-refractivity contribution < 1.29 is 23.8 Å². The van der Waals surface area contributed by atoms with E-state index in [2.05, 4.69) is 0 Å². The van der Waals surface area contributed by atoms with E-state index in [4.69, 9.17) is 4.42 Å². The summed E-state index contributed by atoms with van der Waals surface area (Å²) in [6.07, 6.45) is -0.163. The molecule has 30 heavy (non-hydrogen) atoms. The van der Waals surface area contributed by atoms with E-state index in [1.54, 1.807) is 30.0 Å². The van der Waals surface area contributed by atoms with Gasteiger partial charge in [0.2, 0.25) is 5.91 Å². The molecule has 0 radical (unpaired) electrons. The maximum Gasteiger partial charge on any atom is 0.340 e. The molecule has 1 aliphatic rings. The monoisotopic (exact) mass is 412 g/mol. The number of piperazine rings is 1. The smallest absolute Gasteiger partial charge is 0.340 e. The molecule has 7 nitrogen and oxygen atoms in total. The first-order valence-corrected chi connectivity index (χ1v) is 9.60. The van der Waals surface area contributed by atoms with Crippen molar-refractivity contribution in [1.82, 2.24) is 4.90 Å². The van der Waals surface area contributed by atoms with Crippen molar-refractivity contribution in [2.45, 2.75) is 13.3 Å². The van der Waals surface area contributed by atoms with Gasteiger partial charge in [0.15, 0.2) is 0 Å². The maximum absolute atomic E-state index is 14.0. The van der Waals surface area contributed by atoms with Gasteiger partial charge in [-0.15, -0.1) is 0 Å². The van der Waals surface area contributed by atoms with Crippen molar-refractivity contribution in [2.24, 2.45) is 0 Å². The molecule has 4 rings (SSSR count). The lowest BCUT2D eigenvalue weighted by molar-refractivity contribution is -0.130. The zero-order chi connectivity index (χ0) is 21.4. The number of hydrogen-bond donors (Lipinski definition) is 2. The van der Waals surface area contributed by atoms with E-state index < -0.39 is 5.63 Å². The fraction of sp³-hybridized carbons (Fsp3) is 0.273. The number of aryl methyl sites for hydroxylation is 1. The van der Waals surface area contributed by atoms with Crippen LogP contribution in [0.2, 0.25) is 0 Å². The second-order valence-electron chi connectivity index (χ2n) is 7.33. The molecule has 1 aliphatic heterocycles. The van der Waals surface area contributed by atoms with Crippen LogP contribution in [0.5, 0.6) is 11.5 Å². The Morgan fingerprint density at radius 3 is 2.53 bits per heavy atom. The molecule has 0 bridgehead atoms. The quantitative estimate of drug-likeness (QED) is 0.642. The number of nitrogens with zero attached hydrogens (tertiary/aromatic N) is 2. The maximum atomic E-state index is 14.0. The average molecular weight is 412 g/mol. The van der Waals surface area contributed by atoms with Crippen LogP contribution < -0.4 is 10.5 Å². The lowest BCUT2D eigenvalue weighted by Gasteiger charge is -2.36. The molecule has 1 saturated heterocycles. The van der Waals surface area contributed by atoms with Gasteiger partial charge in [-0.3, -0.25) is 4.79 Å².